The SMILES string of the molecule is CI.COc1cccc(C2(O)CC3CCC(C2)N3Cc2ccccc2)c1.COc1cccc(C2=CC3CCC(C2)N3Cc2ccccc2)c1.IC(I)I.ICI. The second-order valence-corrected chi connectivity index (χ2v) is 29.5. The molecule has 4 unspecified atom stereocenters. The van der Waals surface area contributed by atoms with Crippen LogP contribution in [0.1, 0.15) is 67.2 Å². The Bertz CT molecular complexity index is 1730. The first kappa shape index (κ1) is 49.1. The Morgan fingerprint density at radius 1 is 0.661 bits per heavy atom. The highest BCUT2D eigenvalue weighted by Gasteiger charge is 2.48. The van der Waals surface area contributed by atoms with E-state index in [0.29, 0.717) is 24.2 Å². The summed E-state index contributed by atoms with van der Waals surface area (Å²) in [5.41, 5.74) is 5.86. The number of hydrogen-bond acceptors (Lipinski definition) is 5. The lowest BCUT2D eigenvalue weighted by Crippen LogP contribution is -2.49. The van der Waals surface area contributed by atoms with Crippen LogP contribution in [-0.4, -0.2) is 60.6 Å². The van der Waals surface area contributed by atoms with Crippen LogP contribution in [0.25, 0.3) is 5.57 Å². The quantitative estimate of drug-likeness (QED) is 0.141. The molecule has 0 amide bonds. The molecular weight excluding hydrogens is 1380 g/mol. The molecule has 3 fully saturated rings. The first-order valence-electron chi connectivity index (χ1n) is 18.9. The topological polar surface area (TPSA) is 45.2 Å². The molecule has 1 N–H and O–H groups in total. The molecule has 4 aromatic rings. The number of rotatable bonds is 8. The molecule has 56 heavy (non-hydrogen) atoms. The minimum absolute atomic E-state index is 0.458. The Balaban J connectivity index is 0.000000206. The molecule has 11 heteroatoms. The van der Waals surface area contributed by atoms with Crippen molar-refractivity contribution in [3.8, 4) is 11.5 Å². The second-order valence-electron chi connectivity index (χ2n) is 14.1. The van der Waals surface area contributed by atoms with E-state index in [-0.39, 0.29) is 0 Å². The number of benzene rings is 4. The first-order chi connectivity index (χ1) is 27.2. The van der Waals surface area contributed by atoms with Crippen LogP contribution >= 0.6 is 136 Å². The molecule has 8 rings (SSSR count). The van der Waals surface area contributed by atoms with E-state index in [1.54, 1.807) is 14.2 Å². The van der Waals surface area contributed by atoms with Crippen LogP contribution in [-0.2, 0) is 18.7 Å². The number of alkyl halides is 6. The molecule has 4 aliphatic heterocycles. The van der Waals surface area contributed by atoms with Crippen LogP contribution in [0.3, 0.4) is 0 Å². The van der Waals surface area contributed by atoms with Gasteiger partial charge in [-0.05, 0) is 102 Å². The fraction of sp³-hybridized carbons (Fsp3) is 0.422. The molecule has 4 bridgehead atoms. The molecule has 3 saturated heterocycles. The summed E-state index contributed by atoms with van der Waals surface area (Å²) in [6.07, 6.45) is 10.2. The largest absolute Gasteiger partial charge is 0.497 e. The third kappa shape index (κ3) is 14.8. The van der Waals surface area contributed by atoms with Gasteiger partial charge in [0.2, 0.25) is 0 Å². The van der Waals surface area contributed by atoms with Crippen molar-refractivity contribution >= 4 is 141 Å². The molecule has 5 nitrogen and oxygen atoms in total. The van der Waals surface area contributed by atoms with Crippen LogP contribution in [0.5, 0.6) is 11.5 Å². The zero-order valence-corrected chi connectivity index (χ0v) is 45.3. The standard InChI is InChI=1S/C21H25NO2.C21H23NO.CHI3.CH2I2.CH3I/c1-24-20-9-5-8-17(12-20)21(23)13-18-10-11-19(14-21)22(18)15-16-6-3-2-4-7-16;1-23-21-9-5-8-17(14-21)18-12-19-10-11-20(13-18)22(19)15-16-6-3-2-4-7-16;2-1(3)4;2-1-3;1-2/h2-9,12,18-19,23H,10-11,13-15H2,1H3;2-9,12,14,19-20H,10-11,13,15H2,1H3;1H;1H2;1H3. The van der Waals surface area contributed by atoms with Gasteiger partial charge in [0, 0.05) is 37.3 Å². The Labute approximate surface area is 418 Å². The Morgan fingerprint density at radius 3 is 1.66 bits per heavy atom. The third-order valence-electron chi connectivity index (χ3n) is 10.9. The Morgan fingerprint density at radius 2 is 1.14 bits per heavy atom. The van der Waals surface area contributed by atoms with Gasteiger partial charge in [0.1, 0.15) is 11.4 Å². The normalized spacial score (nSPS) is 23.4. The monoisotopic (exact) mass is 1430 g/mol. The van der Waals surface area contributed by atoms with Crippen molar-refractivity contribution in [1.29, 1.82) is 0 Å². The van der Waals surface area contributed by atoms with Gasteiger partial charge in [-0.15, -0.1) is 0 Å². The van der Waals surface area contributed by atoms with Crippen LogP contribution in [0.15, 0.2) is 115 Å². The highest BCUT2D eigenvalue weighted by atomic mass is 127. The summed E-state index contributed by atoms with van der Waals surface area (Å²) in [7, 11) is 3.41. The number of nitrogens with zero attached hydrogens (tertiary/aromatic N) is 2. The van der Waals surface area contributed by atoms with E-state index < -0.39 is 5.60 Å². The molecular formula is C45H54I6N2O3. The van der Waals surface area contributed by atoms with Crippen molar-refractivity contribution in [2.45, 2.75) is 87.7 Å². The Kier molecular flexibility index (Phi) is 22.9. The third-order valence-corrected chi connectivity index (χ3v) is 10.9. The zero-order valence-electron chi connectivity index (χ0n) is 32.4. The van der Waals surface area contributed by atoms with E-state index in [1.165, 1.54) is 50.4 Å². The minimum Gasteiger partial charge on any atom is -0.497 e. The summed E-state index contributed by atoms with van der Waals surface area (Å²) in [5.74, 6) is 1.77. The van der Waals surface area contributed by atoms with Gasteiger partial charge in [0.05, 0.1) is 22.3 Å². The highest BCUT2D eigenvalue weighted by Crippen LogP contribution is 2.47. The summed E-state index contributed by atoms with van der Waals surface area (Å²) in [6.45, 7) is 2.06. The number of ether oxygens (including phenoxy) is 2. The number of methoxy groups -OCH3 is 2. The van der Waals surface area contributed by atoms with Crippen molar-refractivity contribution in [2.75, 3.05) is 21.6 Å². The predicted octanol–water partition coefficient (Wildman–Crippen LogP) is 13.7. The van der Waals surface area contributed by atoms with Crippen LogP contribution in [0.2, 0.25) is 0 Å². The summed E-state index contributed by atoms with van der Waals surface area (Å²) < 4.78 is 12.6. The van der Waals surface area contributed by atoms with Gasteiger partial charge >= 0.3 is 0 Å². The van der Waals surface area contributed by atoms with E-state index in [0.717, 1.165) is 49.4 Å². The lowest BCUT2D eigenvalue weighted by atomic mass is 9.80. The van der Waals surface area contributed by atoms with E-state index in [9.17, 15) is 5.11 Å². The van der Waals surface area contributed by atoms with E-state index in [1.807, 2.05) is 35.3 Å². The summed E-state index contributed by atoms with van der Waals surface area (Å²) >= 11 is 13.6. The molecule has 4 heterocycles. The number of piperidine rings is 1. The van der Waals surface area contributed by atoms with Crippen molar-refractivity contribution in [1.82, 2.24) is 9.80 Å². The number of hydrogen-bond donors (Lipinski definition) is 1. The van der Waals surface area contributed by atoms with Crippen LogP contribution in [0, 0.1) is 0 Å². The molecule has 0 aliphatic carbocycles. The van der Waals surface area contributed by atoms with Gasteiger partial charge in [-0.3, -0.25) is 9.80 Å². The molecule has 0 saturated carbocycles. The number of aliphatic hydroxyl groups is 1. The van der Waals surface area contributed by atoms with Gasteiger partial charge < -0.3 is 14.6 Å². The van der Waals surface area contributed by atoms with Crippen molar-refractivity contribution in [3.63, 3.8) is 0 Å². The zero-order chi connectivity index (χ0) is 40.5. The molecule has 0 aromatic heterocycles. The molecule has 4 aliphatic rings. The lowest BCUT2D eigenvalue weighted by molar-refractivity contribution is -0.0596. The van der Waals surface area contributed by atoms with E-state index in [4.69, 9.17) is 9.47 Å². The van der Waals surface area contributed by atoms with Gasteiger partial charge in [0.25, 0.3) is 0 Å². The first-order valence-corrected chi connectivity index (χ1v) is 27.8. The summed E-state index contributed by atoms with van der Waals surface area (Å²) in [4.78, 5) is 7.25. The maximum absolute atomic E-state index is 11.3. The highest BCUT2D eigenvalue weighted by molar-refractivity contribution is 14.3. The van der Waals surface area contributed by atoms with Gasteiger partial charge in [-0.25, -0.2) is 0 Å². The lowest BCUT2D eigenvalue weighted by Gasteiger charge is -2.44. The molecule has 4 atom stereocenters. The predicted molar refractivity (Wildman–Crippen MR) is 288 cm³/mol. The smallest absolute Gasteiger partial charge is 0.119 e. The average molecular weight is 1430 g/mol. The van der Waals surface area contributed by atoms with Crippen molar-refractivity contribution in [3.05, 3.63) is 138 Å². The Hall–Kier alpha value is 0.480. The maximum Gasteiger partial charge on any atom is 0.119 e. The van der Waals surface area contributed by atoms with Gasteiger partial charge in [0.15, 0.2) is 0 Å². The number of fused-ring (bicyclic) bond motifs is 4. The van der Waals surface area contributed by atoms with Crippen molar-refractivity contribution in [2.24, 2.45) is 0 Å². The molecule has 304 valence electrons. The maximum atomic E-state index is 11.3. The van der Waals surface area contributed by atoms with Crippen molar-refractivity contribution < 1.29 is 14.6 Å². The fourth-order valence-electron chi connectivity index (χ4n) is 8.51. The molecule has 0 radical (unpaired) electrons. The average Bonchev–Trinajstić information content (AvgIpc) is 3.59. The van der Waals surface area contributed by atoms with E-state index in [2.05, 4.69) is 230 Å². The van der Waals surface area contributed by atoms with Gasteiger partial charge in [-0.2, -0.15) is 0 Å². The van der Waals surface area contributed by atoms with Crippen LogP contribution < -0.4 is 9.47 Å². The minimum atomic E-state index is -0.729. The summed E-state index contributed by atoms with van der Waals surface area (Å²) in [5, 5.41) is 11.3. The summed E-state index contributed by atoms with van der Waals surface area (Å²) in [6, 6.07) is 40.1. The van der Waals surface area contributed by atoms with E-state index >= 15 is 0 Å². The van der Waals surface area contributed by atoms with Gasteiger partial charge in [-0.1, -0.05) is 227 Å². The number of halogens is 6. The molecule has 0 spiro atoms. The fourth-order valence-corrected chi connectivity index (χ4v) is 8.51. The molecule has 4 aromatic carbocycles. The van der Waals surface area contributed by atoms with Crippen LogP contribution in [0.4, 0.5) is 0 Å². The second kappa shape index (κ2) is 26.1.